The summed E-state index contributed by atoms with van der Waals surface area (Å²) in [5.74, 6) is 0.966. The van der Waals surface area contributed by atoms with Gasteiger partial charge < -0.3 is 5.32 Å². The van der Waals surface area contributed by atoms with Crippen molar-refractivity contribution in [3.05, 3.63) is 23.9 Å². The highest BCUT2D eigenvalue weighted by atomic mass is 15.4. The molecule has 2 rings (SSSR count). The summed E-state index contributed by atoms with van der Waals surface area (Å²) in [4.78, 5) is 3.98. The first-order chi connectivity index (χ1) is 8.09. The second-order valence-electron chi connectivity index (χ2n) is 4.39. The van der Waals surface area contributed by atoms with Crippen molar-refractivity contribution in [3.8, 4) is 5.82 Å². The molecule has 0 radical (unpaired) electrons. The van der Waals surface area contributed by atoms with Gasteiger partial charge in [0.05, 0.1) is 5.69 Å². The average Bonchev–Trinajstić information content (AvgIpc) is 2.83. The largest absolute Gasteiger partial charge is 0.310 e. The lowest BCUT2D eigenvalue weighted by molar-refractivity contribution is 0.584. The fourth-order valence-electron chi connectivity index (χ4n) is 1.81. The maximum atomic E-state index is 4.43. The third-order valence-electron chi connectivity index (χ3n) is 2.64. The lowest BCUT2D eigenvalue weighted by atomic mass is 10.2. The van der Waals surface area contributed by atoms with Crippen LogP contribution < -0.4 is 5.32 Å². The molecule has 0 aromatic carbocycles. The highest BCUT2D eigenvalue weighted by Crippen LogP contribution is 2.16. The van der Waals surface area contributed by atoms with E-state index in [4.69, 9.17) is 0 Å². The van der Waals surface area contributed by atoms with Gasteiger partial charge in [-0.1, -0.05) is 13.8 Å². The van der Waals surface area contributed by atoms with Gasteiger partial charge >= 0.3 is 0 Å². The molecule has 0 fully saturated rings. The van der Waals surface area contributed by atoms with Crippen LogP contribution in [-0.2, 0) is 13.6 Å². The molecule has 0 unspecified atom stereocenters. The smallest absolute Gasteiger partial charge is 0.158 e. The molecule has 6 heteroatoms. The molecule has 6 nitrogen and oxygen atoms in total. The first-order valence-electron chi connectivity index (χ1n) is 5.70. The van der Waals surface area contributed by atoms with Crippen LogP contribution in [0.2, 0.25) is 0 Å². The van der Waals surface area contributed by atoms with E-state index in [1.165, 1.54) is 6.33 Å². The zero-order chi connectivity index (χ0) is 12.4. The maximum absolute atomic E-state index is 4.43. The Kier molecular flexibility index (Phi) is 3.23. The number of aromatic nitrogens is 5. The second kappa shape index (κ2) is 4.67. The van der Waals surface area contributed by atoms with Crippen molar-refractivity contribution < 1.29 is 0 Å². The van der Waals surface area contributed by atoms with Crippen LogP contribution in [-0.4, -0.2) is 30.6 Å². The monoisotopic (exact) mass is 234 g/mol. The van der Waals surface area contributed by atoms with E-state index in [0.717, 1.165) is 23.6 Å². The summed E-state index contributed by atoms with van der Waals surface area (Å²) in [6, 6.07) is 0.443. The summed E-state index contributed by atoms with van der Waals surface area (Å²) in [7, 11) is 1.92. The minimum atomic E-state index is 0.443. The van der Waals surface area contributed by atoms with E-state index in [2.05, 4.69) is 34.3 Å². The minimum Gasteiger partial charge on any atom is -0.310 e. The Hall–Kier alpha value is -1.69. The van der Waals surface area contributed by atoms with Crippen molar-refractivity contribution in [1.29, 1.82) is 0 Å². The topological polar surface area (TPSA) is 60.6 Å². The predicted octanol–water partition coefficient (Wildman–Crippen LogP) is 0.807. The normalized spacial score (nSPS) is 11.4. The first-order valence-corrected chi connectivity index (χ1v) is 5.70. The van der Waals surface area contributed by atoms with Crippen LogP contribution in [0.5, 0.6) is 0 Å². The number of nitrogens with one attached hydrogen (secondary N) is 1. The molecule has 1 N–H and O–H groups in total. The van der Waals surface area contributed by atoms with Crippen LogP contribution in [0.3, 0.4) is 0 Å². The summed E-state index contributed by atoms with van der Waals surface area (Å²) >= 11 is 0. The molecule has 0 spiro atoms. The van der Waals surface area contributed by atoms with Crippen molar-refractivity contribution in [1.82, 2.24) is 29.9 Å². The van der Waals surface area contributed by atoms with Crippen molar-refractivity contribution in [3.63, 3.8) is 0 Å². The Morgan fingerprint density at radius 2 is 2.18 bits per heavy atom. The average molecular weight is 234 g/mol. The Labute approximate surface area is 101 Å². The molecule has 92 valence electrons. The number of nitrogens with zero attached hydrogens (tertiary/aromatic N) is 5. The third-order valence-corrected chi connectivity index (χ3v) is 2.64. The number of hydrogen-bond acceptors (Lipinski definition) is 4. The maximum Gasteiger partial charge on any atom is 0.158 e. The first kappa shape index (κ1) is 11.8. The molecule has 0 aliphatic rings. The zero-order valence-corrected chi connectivity index (χ0v) is 10.7. The van der Waals surface area contributed by atoms with E-state index in [-0.39, 0.29) is 0 Å². The molecular weight excluding hydrogens is 216 g/mol. The zero-order valence-electron chi connectivity index (χ0n) is 10.7. The van der Waals surface area contributed by atoms with Gasteiger partial charge in [-0.05, 0) is 6.92 Å². The van der Waals surface area contributed by atoms with E-state index in [1.54, 1.807) is 11.0 Å². The lowest BCUT2D eigenvalue weighted by Crippen LogP contribution is -2.23. The van der Waals surface area contributed by atoms with Gasteiger partial charge in [-0.2, -0.15) is 10.2 Å². The van der Waals surface area contributed by atoms with Gasteiger partial charge in [0.1, 0.15) is 12.7 Å². The Morgan fingerprint density at radius 1 is 1.41 bits per heavy atom. The lowest BCUT2D eigenvalue weighted by Gasteiger charge is -2.09. The third kappa shape index (κ3) is 2.36. The minimum absolute atomic E-state index is 0.443. The molecule has 0 bridgehead atoms. The standard InChI is InChI=1S/C11H18N6/c1-8(2)13-5-10-9(3)15-16(4)11(10)17-7-12-6-14-17/h6-8,13H,5H2,1-4H3. The fraction of sp³-hybridized carbons (Fsp3) is 0.545. The number of hydrogen-bond donors (Lipinski definition) is 1. The molecule has 0 saturated heterocycles. The van der Waals surface area contributed by atoms with Gasteiger partial charge in [0, 0.05) is 25.2 Å². The molecule has 0 atom stereocenters. The molecule has 2 aromatic heterocycles. The van der Waals surface area contributed by atoms with Gasteiger partial charge in [-0.25, -0.2) is 9.67 Å². The van der Waals surface area contributed by atoms with Crippen LogP contribution in [0.15, 0.2) is 12.7 Å². The Bertz CT molecular complexity index is 482. The molecule has 0 amide bonds. The quantitative estimate of drug-likeness (QED) is 0.850. The van der Waals surface area contributed by atoms with E-state index >= 15 is 0 Å². The van der Waals surface area contributed by atoms with Gasteiger partial charge in [0.2, 0.25) is 0 Å². The molecule has 0 aliphatic carbocycles. The summed E-state index contributed by atoms with van der Waals surface area (Å²) in [5, 5.41) is 12.0. The van der Waals surface area contributed by atoms with E-state index < -0.39 is 0 Å². The summed E-state index contributed by atoms with van der Waals surface area (Å²) < 4.78 is 3.58. The van der Waals surface area contributed by atoms with E-state index in [0.29, 0.717) is 6.04 Å². The molecule has 2 heterocycles. The SMILES string of the molecule is Cc1nn(C)c(-n2cncn2)c1CNC(C)C. The highest BCUT2D eigenvalue weighted by Gasteiger charge is 2.15. The molecular formula is C11H18N6. The summed E-state index contributed by atoms with van der Waals surface area (Å²) in [6.07, 6.45) is 3.22. The van der Waals surface area contributed by atoms with Gasteiger partial charge in [-0.3, -0.25) is 4.68 Å². The van der Waals surface area contributed by atoms with Crippen molar-refractivity contribution in [2.45, 2.75) is 33.4 Å². The van der Waals surface area contributed by atoms with Crippen LogP contribution in [0.1, 0.15) is 25.1 Å². The van der Waals surface area contributed by atoms with Crippen LogP contribution in [0.4, 0.5) is 0 Å². The van der Waals surface area contributed by atoms with E-state index in [1.807, 2.05) is 18.7 Å². The van der Waals surface area contributed by atoms with Crippen molar-refractivity contribution >= 4 is 0 Å². The fourth-order valence-corrected chi connectivity index (χ4v) is 1.81. The molecule has 17 heavy (non-hydrogen) atoms. The van der Waals surface area contributed by atoms with Gasteiger partial charge in [-0.15, -0.1) is 0 Å². The van der Waals surface area contributed by atoms with E-state index in [9.17, 15) is 0 Å². The second-order valence-corrected chi connectivity index (χ2v) is 4.39. The van der Waals surface area contributed by atoms with Gasteiger partial charge in [0.15, 0.2) is 5.82 Å². The van der Waals surface area contributed by atoms with Crippen LogP contribution in [0.25, 0.3) is 5.82 Å². The Balaban J connectivity index is 2.37. The van der Waals surface area contributed by atoms with Crippen molar-refractivity contribution in [2.75, 3.05) is 0 Å². The predicted molar refractivity (Wildman–Crippen MR) is 64.8 cm³/mol. The van der Waals surface area contributed by atoms with Crippen LogP contribution in [0, 0.1) is 6.92 Å². The summed E-state index contributed by atoms with van der Waals surface area (Å²) in [6.45, 7) is 7.05. The van der Waals surface area contributed by atoms with Crippen molar-refractivity contribution in [2.24, 2.45) is 7.05 Å². The highest BCUT2D eigenvalue weighted by molar-refractivity contribution is 5.36. The number of rotatable bonds is 4. The van der Waals surface area contributed by atoms with Gasteiger partial charge in [0.25, 0.3) is 0 Å². The summed E-state index contributed by atoms with van der Waals surface area (Å²) in [5.41, 5.74) is 2.18. The Morgan fingerprint density at radius 3 is 2.76 bits per heavy atom. The molecule has 2 aromatic rings. The molecule has 0 saturated carbocycles. The molecule has 0 aliphatic heterocycles. The number of aryl methyl sites for hydroxylation is 2. The van der Waals surface area contributed by atoms with Crippen LogP contribution >= 0.6 is 0 Å².